The van der Waals surface area contributed by atoms with E-state index in [9.17, 15) is 9.18 Å². The molecule has 1 aromatic heterocycles. The van der Waals surface area contributed by atoms with Crippen molar-refractivity contribution in [3.05, 3.63) is 83.7 Å². The zero-order chi connectivity index (χ0) is 19.3. The number of carbonyl (C=O) groups excluding carboxylic acids is 1. The minimum Gasteiger partial charge on any atom is -0.380 e. The van der Waals surface area contributed by atoms with Crippen LogP contribution in [0, 0.1) is 0 Å². The van der Waals surface area contributed by atoms with Crippen LogP contribution in [0.2, 0.25) is 0 Å². The number of fused-ring (bicyclic) bond motifs is 1. The van der Waals surface area contributed by atoms with Gasteiger partial charge in [0.15, 0.2) is 6.67 Å². The molecule has 2 N–H and O–H groups in total. The van der Waals surface area contributed by atoms with Crippen LogP contribution < -0.4 is 10.6 Å². The highest BCUT2D eigenvalue weighted by atomic mass is 32.1. The van der Waals surface area contributed by atoms with Gasteiger partial charge in [-0.1, -0.05) is 48.5 Å². The van der Waals surface area contributed by atoms with Gasteiger partial charge in [-0.15, -0.1) is 11.3 Å². The number of benzene rings is 3. The van der Waals surface area contributed by atoms with Crippen LogP contribution in [0.1, 0.15) is 4.88 Å². The van der Waals surface area contributed by atoms with Crippen LogP contribution in [-0.4, -0.2) is 12.6 Å². The van der Waals surface area contributed by atoms with E-state index in [2.05, 4.69) is 41.0 Å². The number of carbonyl (C=O) groups is 1. The maximum Gasteiger partial charge on any atom is 0.255 e. The molecule has 0 atom stereocenters. The highest BCUT2D eigenvalue weighted by Gasteiger charge is 2.09. The third-order valence-electron chi connectivity index (χ3n) is 4.44. The van der Waals surface area contributed by atoms with Gasteiger partial charge < -0.3 is 10.6 Å². The summed E-state index contributed by atoms with van der Waals surface area (Å²) in [6.45, 7) is -0.297. The molecule has 5 heteroatoms. The lowest BCUT2D eigenvalue weighted by molar-refractivity contribution is -0.117. The van der Waals surface area contributed by atoms with Crippen molar-refractivity contribution in [3.63, 3.8) is 0 Å². The molecule has 140 valence electrons. The normalized spacial score (nSPS) is 10.8. The number of nitrogens with one attached hydrogen (secondary N) is 2. The average molecular weight is 390 g/mol. The Labute approximate surface area is 166 Å². The molecule has 4 rings (SSSR count). The molecule has 0 spiro atoms. The van der Waals surface area contributed by atoms with Crippen LogP contribution in [0.25, 0.3) is 21.2 Å². The lowest BCUT2D eigenvalue weighted by Crippen LogP contribution is -2.13. The molecule has 0 radical (unpaired) electrons. The summed E-state index contributed by atoms with van der Waals surface area (Å²) in [4.78, 5) is 12.7. The Morgan fingerprint density at radius 2 is 1.75 bits per heavy atom. The van der Waals surface area contributed by atoms with Gasteiger partial charge in [0.1, 0.15) is 0 Å². The van der Waals surface area contributed by atoms with Crippen molar-refractivity contribution in [2.75, 3.05) is 17.3 Å². The molecule has 1 heterocycles. The lowest BCUT2D eigenvalue weighted by Gasteiger charge is -2.12. The van der Waals surface area contributed by atoms with Gasteiger partial charge in [0, 0.05) is 33.1 Å². The SMILES string of the molecule is O=C(CF)Nc1ccccc1-c1cccc(NCc2cc3ccccc3s2)c1. The molecule has 28 heavy (non-hydrogen) atoms. The second-order valence-corrected chi connectivity index (χ2v) is 7.58. The van der Waals surface area contributed by atoms with Crippen molar-refractivity contribution in [2.24, 2.45) is 0 Å². The molecule has 0 fully saturated rings. The molecule has 0 unspecified atom stereocenters. The van der Waals surface area contributed by atoms with Crippen molar-refractivity contribution in [1.29, 1.82) is 0 Å². The molecule has 1 amide bonds. The smallest absolute Gasteiger partial charge is 0.255 e. The molecule has 0 aliphatic rings. The van der Waals surface area contributed by atoms with Crippen LogP contribution in [-0.2, 0) is 11.3 Å². The Kier molecular flexibility index (Phi) is 5.35. The van der Waals surface area contributed by atoms with E-state index in [-0.39, 0.29) is 0 Å². The summed E-state index contributed by atoms with van der Waals surface area (Å²) in [7, 11) is 0. The average Bonchev–Trinajstić information content (AvgIpc) is 3.16. The molecule has 3 aromatic carbocycles. The van der Waals surface area contributed by atoms with Gasteiger partial charge in [0.25, 0.3) is 5.91 Å². The highest BCUT2D eigenvalue weighted by Crippen LogP contribution is 2.30. The van der Waals surface area contributed by atoms with E-state index in [1.54, 1.807) is 17.4 Å². The van der Waals surface area contributed by atoms with E-state index in [1.807, 2.05) is 42.5 Å². The summed E-state index contributed by atoms with van der Waals surface area (Å²) < 4.78 is 13.9. The summed E-state index contributed by atoms with van der Waals surface area (Å²) in [6, 6.07) is 26.0. The van der Waals surface area contributed by atoms with Gasteiger partial charge in [-0.25, -0.2) is 4.39 Å². The Bertz CT molecular complexity index is 1090. The third kappa shape index (κ3) is 4.05. The first kappa shape index (κ1) is 18.2. The van der Waals surface area contributed by atoms with Gasteiger partial charge >= 0.3 is 0 Å². The number of para-hydroxylation sites is 1. The van der Waals surface area contributed by atoms with E-state index in [1.165, 1.54) is 15.0 Å². The van der Waals surface area contributed by atoms with Crippen LogP contribution in [0.15, 0.2) is 78.9 Å². The second kappa shape index (κ2) is 8.23. The molecule has 4 aromatic rings. The lowest BCUT2D eigenvalue weighted by atomic mass is 10.0. The van der Waals surface area contributed by atoms with Gasteiger partial charge in [-0.05, 0) is 41.3 Å². The number of thiophene rings is 1. The Balaban J connectivity index is 1.54. The summed E-state index contributed by atoms with van der Waals surface area (Å²) in [5.74, 6) is -0.647. The Morgan fingerprint density at radius 1 is 0.929 bits per heavy atom. The maximum absolute atomic E-state index is 12.6. The first-order valence-electron chi connectivity index (χ1n) is 8.99. The quantitative estimate of drug-likeness (QED) is 0.418. The summed E-state index contributed by atoms with van der Waals surface area (Å²) >= 11 is 1.78. The maximum atomic E-state index is 12.6. The van der Waals surface area contributed by atoms with E-state index < -0.39 is 12.6 Å². The number of rotatable bonds is 6. The zero-order valence-electron chi connectivity index (χ0n) is 15.1. The Morgan fingerprint density at radius 3 is 2.61 bits per heavy atom. The second-order valence-electron chi connectivity index (χ2n) is 6.41. The van der Waals surface area contributed by atoms with Crippen LogP contribution in [0.5, 0.6) is 0 Å². The number of hydrogen-bond acceptors (Lipinski definition) is 3. The number of alkyl halides is 1. The molecular weight excluding hydrogens is 371 g/mol. The largest absolute Gasteiger partial charge is 0.380 e. The van der Waals surface area contributed by atoms with Crippen molar-refractivity contribution >= 4 is 38.7 Å². The van der Waals surface area contributed by atoms with Gasteiger partial charge in [-0.2, -0.15) is 0 Å². The number of anilines is 2. The third-order valence-corrected chi connectivity index (χ3v) is 5.56. The molecule has 0 saturated carbocycles. The number of halogens is 1. The van der Waals surface area contributed by atoms with Crippen molar-refractivity contribution in [3.8, 4) is 11.1 Å². The van der Waals surface area contributed by atoms with Crippen molar-refractivity contribution in [1.82, 2.24) is 0 Å². The van der Waals surface area contributed by atoms with Crippen molar-refractivity contribution in [2.45, 2.75) is 6.54 Å². The predicted molar refractivity (Wildman–Crippen MR) is 116 cm³/mol. The fraction of sp³-hybridized carbons (Fsp3) is 0.0870. The van der Waals surface area contributed by atoms with Gasteiger partial charge in [-0.3, -0.25) is 4.79 Å². The number of amides is 1. The van der Waals surface area contributed by atoms with E-state index in [0.29, 0.717) is 5.69 Å². The summed E-state index contributed by atoms with van der Waals surface area (Å²) in [6.07, 6.45) is 0. The first-order chi connectivity index (χ1) is 13.7. The minimum atomic E-state index is -1.04. The molecule has 0 bridgehead atoms. The minimum absolute atomic E-state index is 0.604. The molecule has 0 saturated heterocycles. The van der Waals surface area contributed by atoms with E-state index in [4.69, 9.17) is 0 Å². The topological polar surface area (TPSA) is 41.1 Å². The van der Waals surface area contributed by atoms with Crippen LogP contribution in [0.3, 0.4) is 0 Å². The molecule has 3 nitrogen and oxygen atoms in total. The van der Waals surface area contributed by atoms with Crippen LogP contribution >= 0.6 is 11.3 Å². The monoisotopic (exact) mass is 390 g/mol. The van der Waals surface area contributed by atoms with Crippen molar-refractivity contribution < 1.29 is 9.18 Å². The van der Waals surface area contributed by atoms with Crippen LogP contribution in [0.4, 0.5) is 15.8 Å². The summed E-state index contributed by atoms with van der Waals surface area (Å²) in [5.41, 5.74) is 3.40. The molecule has 0 aliphatic heterocycles. The fourth-order valence-electron chi connectivity index (χ4n) is 3.14. The standard InChI is InChI=1S/C23H19FN2OS/c24-14-23(27)26-21-10-3-2-9-20(21)16-7-5-8-18(12-16)25-15-19-13-17-6-1-4-11-22(17)28-19/h1-13,25H,14-15H2,(H,26,27). The predicted octanol–water partition coefficient (Wildman–Crippen LogP) is 6.09. The van der Waals surface area contributed by atoms with E-state index in [0.717, 1.165) is 23.4 Å². The number of hydrogen-bond donors (Lipinski definition) is 2. The summed E-state index contributed by atoms with van der Waals surface area (Å²) in [5, 5.41) is 7.34. The zero-order valence-corrected chi connectivity index (χ0v) is 15.9. The fourth-order valence-corrected chi connectivity index (χ4v) is 4.14. The van der Waals surface area contributed by atoms with E-state index >= 15 is 0 Å². The first-order valence-corrected chi connectivity index (χ1v) is 9.81. The molecular formula is C23H19FN2OS. The Hall–Kier alpha value is -3.18. The van der Waals surface area contributed by atoms with Gasteiger partial charge in [0.2, 0.25) is 0 Å². The molecule has 0 aliphatic carbocycles. The van der Waals surface area contributed by atoms with Gasteiger partial charge in [0.05, 0.1) is 0 Å². The highest BCUT2D eigenvalue weighted by molar-refractivity contribution is 7.19.